The number of benzene rings is 1. The van der Waals surface area contributed by atoms with Crippen LogP contribution in [0.25, 0.3) is 0 Å². The van der Waals surface area contributed by atoms with Crippen LogP contribution in [0.3, 0.4) is 0 Å². The lowest BCUT2D eigenvalue weighted by Crippen LogP contribution is -2.59. The van der Waals surface area contributed by atoms with E-state index in [-0.39, 0.29) is 41.5 Å². The molecule has 1 spiro atoms. The Kier molecular flexibility index (Phi) is 13.3. The van der Waals surface area contributed by atoms with Crippen LogP contribution in [0.2, 0.25) is 0 Å². The fourth-order valence-electron chi connectivity index (χ4n) is 7.92. The number of ether oxygens (including phenoxy) is 2. The van der Waals surface area contributed by atoms with E-state index in [1.54, 1.807) is 29.0 Å². The molecule has 4 rings (SSSR count). The maximum Gasteiger partial charge on any atom is 0.313 e. The molecule has 0 aliphatic carbocycles. The van der Waals surface area contributed by atoms with Crippen molar-refractivity contribution in [1.29, 1.82) is 0 Å². The number of carbonyl (C=O) groups is 4. The Bertz CT molecular complexity index is 1360. The first-order valence-corrected chi connectivity index (χ1v) is 18.6. The Morgan fingerprint density at radius 2 is 1.88 bits per heavy atom. The molecule has 0 saturated carbocycles. The zero-order valence-electron chi connectivity index (χ0n) is 29.6. The SMILES string of the molecule is C=CCCC(=O)N(C)[C@@H](C)[C@@H](OC(=O)[C@@H]1[C@H]2O[C@@]3(CC2Br)[C@H](C(=O)N(CC=C)CCCC)N([C@@H](CO)CC(C)C)C(=O)[C@@H]13)c1ccccc1. The number of alkyl halides is 1. The van der Waals surface area contributed by atoms with Crippen molar-refractivity contribution in [2.45, 2.75) is 107 Å². The van der Waals surface area contributed by atoms with Gasteiger partial charge in [-0.1, -0.05) is 85.6 Å². The van der Waals surface area contributed by atoms with E-state index >= 15 is 0 Å². The third-order valence-electron chi connectivity index (χ3n) is 10.4. The third kappa shape index (κ3) is 7.69. The summed E-state index contributed by atoms with van der Waals surface area (Å²) in [6.45, 7) is 15.9. The summed E-state index contributed by atoms with van der Waals surface area (Å²) < 4.78 is 13.1. The van der Waals surface area contributed by atoms with Crippen molar-refractivity contribution in [3.8, 4) is 0 Å². The van der Waals surface area contributed by atoms with Crippen molar-refractivity contribution in [2.24, 2.45) is 17.8 Å². The van der Waals surface area contributed by atoms with Crippen LogP contribution in [-0.2, 0) is 28.7 Å². The number of carbonyl (C=O) groups excluding carboxylic acids is 4. The van der Waals surface area contributed by atoms with Crippen molar-refractivity contribution >= 4 is 39.6 Å². The van der Waals surface area contributed by atoms with Crippen LogP contribution in [0.5, 0.6) is 0 Å². The molecule has 3 aliphatic heterocycles. The molecule has 1 unspecified atom stereocenters. The Morgan fingerprint density at radius 1 is 1.18 bits per heavy atom. The second kappa shape index (κ2) is 16.8. The van der Waals surface area contributed by atoms with Gasteiger partial charge >= 0.3 is 5.97 Å². The van der Waals surface area contributed by atoms with Crippen molar-refractivity contribution in [2.75, 3.05) is 26.7 Å². The van der Waals surface area contributed by atoms with Gasteiger partial charge in [0.15, 0.2) is 0 Å². The standard InChI is InChI=1S/C38H54BrN3O7/c1-8-11-18-29(44)40(7)25(6)32(26-16-14-13-15-17-26)48-37(47)30-31-35(45)42(27(23-43)21-24(4)5)34(38(31)22-28(39)33(30)49-38)36(46)41(19-10-3)20-12-9-2/h8,10,13-17,24-25,27-28,30-34,43H,1,3,9,11-12,18-23H2,2,4-7H3/t25-,27+,28?,30-,31+,32+,33-,34-,38+/m0/s1. The summed E-state index contributed by atoms with van der Waals surface area (Å²) in [4.78, 5) is 61.4. The van der Waals surface area contributed by atoms with Gasteiger partial charge in [0.25, 0.3) is 0 Å². The lowest BCUT2D eigenvalue weighted by Gasteiger charge is -2.40. The molecular weight excluding hydrogens is 690 g/mol. The van der Waals surface area contributed by atoms with Crippen LogP contribution < -0.4 is 0 Å². The number of nitrogens with zero attached hydrogens (tertiary/aromatic N) is 3. The molecule has 0 radical (unpaired) electrons. The van der Waals surface area contributed by atoms with Gasteiger partial charge in [0, 0.05) is 31.4 Å². The summed E-state index contributed by atoms with van der Waals surface area (Å²) in [6.07, 6.45) is 5.09. The highest BCUT2D eigenvalue weighted by Crippen LogP contribution is 2.61. The molecule has 3 aliphatic rings. The number of halogens is 1. The van der Waals surface area contributed by atoms with Crippen LogP contribution in [-0.4, -0.2) is 105 Å². The van der Waals surface area contributed by atoms with Gasteiger partial charge in [-0.15, -0.1) is 13.2 Å². The number of allylic oxidation sites excluding steroid dienone is 1. The summed E-state index contributed by atoms with van der Waals surface area (Å²) in [7, 11) is 1.69. The van der Waals surface area contributed by atoms with Crippen molar-refractivity contribution in [1.82, 2.24) is 14.7 Å². The highest BCUT2D eigenvalue weighted by atomic mass is 79.9. The van der Waals surface area contributed by atoms with Gasteiger partial charge in [-0.05, 0) is 44.1 Å². The van der Waals surface area contributed by atoms with Crippen molar-refractivity contribution in [3.63, 3.8) is 0 Å². The van der Waals surface area contributed by atoms with Gasteiger partial charge in [0.05, 0.1) is 36.6 Å². The normalized spacial score (nSPS) is 27.4. The van der Waals surface area contributed by atoms with Gasteiger partial charge in [-0.2, -0.15) is 0 Å². The van der Waals surface area contributed by atoms with Crippen LogP contribution in [0.4, 0.5) is 0 Å². The van der Waals surface area contributed by atoms with Gasteiger partial charge in [0.1, 0.15) is 17.7 Å². The molecule has 3 heterocycles. The van der Waals surface area contributed by atoms with Gasteiger partial charge < -0.3 is 29.3 Å². The summed E-state index contributed by atoms with van der Waals surface area (Å²) in [6, 6.07) is 7.05. The van der Waals surface area contributed by atoms with Crippen LogP contribution in [0.15, 0.2) is 55.6 Å². The fraction of sp³-hybridized carbons (Fsp3) is 0.632. The molecule has 10 nitrogen and oxygen atoms in total. The zero-order chi connectivity index (χ0) is 36.0. The number of amides is 3. The minimum atomic E-state index is -1.29. The number of rotatable bonds is 18. The Hall–Kier alpha value is -3.02. The van der Waals surface area contributed by atoms with E-state index in [4.69, 9.17) is 9.47 Å². The van der Waals surface area contributed by atoms with Crippen molar-refractivity contribution < 1.29 is 33.8 Å². The summed E-state index contributed by atoms with van der Waals surface area (Å²) in [5.41, 5.74) is -0.584. The summed E-state index contributed by atoms with van der Waals surface area (Å²) >= 11 is 3.75. The molecule has 270 valence electrons. The molecule has 11 heteroatoms. The lowest BCUT2D eigenvalue weighted by atomic mass is 9.70. The minimum Gasteiger partial charge on any atom is -0.455 e. The Balaban J connectivity index is 1.75. The number of aliphatic hydroxyl groups is 1. The number of likely N-dealkylation sites (tertiary alicyclic amines) is 1. The minimum absolute atomic E-state index is 0.109. The molecule has 3 saturated heterocycles. The van der Waals surface area contributed by atoms with Gasteiger partial charge in [0.2, 0.25) is 17.7 Å². The second-order valence-corrected chi connectivity index (χ2v) is 15.3. The number of hydrogen-bond acceptors (Lipinski definition) is 7. The first-order chi connectivity index (χ1) is 23.4. The van der Waals surface area contributed by atoms with E-state index in [1.165, 1.54) is 4.90 Å². The first-order valence-electron chi connectivity index (χ1n) is 17.6. The third-order valence-corrected chi connectivity index (χ3v) is 11.2. The van der Waals surface area contributed by atoms with E-state index in [1.807, 2.05) is 58.0 Å². The Morgan fingerprint density at radius 3 is 2.47 bits per heavy atom. The number of hydrogen-bond donors (Lipinski definition) is 1. The molecule has 3 amide bonds. The van der Waals surface area contributed by atoms with E-state index in [0.29, 0.717) is 37.9 Å². The second-order valence-electron chi connectivity index (χ2n) is 14.1. The van der Waals surface area contributed by atoms with E-state index in [2.05, 4.69) is 29.1 Å². The predicted octanol–water partition coefficient (Wildman–Crippen LogP) is 5.05. The molecule has 3 fully saturated rings. The number of fused-ring (bicyclic) bond motifs is 1. The van der Waals surface area contributed by atoms with Gasteiger partial charge in [-0.25, -0.2) is 0 Å². The highest BCUT2D eigenvalue weighted by molar-refractivity contribution is 9.09. The van der Waals surface area contributed by atoms with E-state index in [9.17, 15) is 24.3 Å². The Labute approximate surface area is 300 Å². The van der Waals surface area contributed by atoms with Crippen LogP contribution in [0, 0.1) is 17.8 Å². The zero-order valence-corrected chi connectivity index (χ0v) is 31.2. The quantitative estimate of drug-likeness (QED) is 0.127. The molecule has 1 aromatic rings. The van der Waals surface area contributed by atoms with E-state index < -0.39 is 53.7 Å². The molecule has 1 aromatic carbocycles. The molecule has 0 aromatic heterocycles. The smallest absolute Gasteiger partial charge is 0.313 e. The maximum absolute atomic E-state index is 14.7. The summed E-state index contributed by atoms with van der Waals surface area (Å²) in [5.74, 6) is -3.23. The number of unbranched alkanes of at least 4 members (excludes halogenated alkanes) is 1. The molecule has 49 heavy (non-hydrogen) atoms. The van der Waals surface area contributed by atoms with Crippen LogP contribution >= 0.6 is 15.9 Å². The highest BCUT2D eigenvalue weighted by Gasteiger charge is 2.77. The largest absolute Gasteiger partial charge is 0.455 e. The number of esters is 1. The van der Waals surface area contributed by atoms with Gasteiger partial charge in [-0.3, -0.25) is 19.2 Å². The maximum atomic E-state index is 14.7. The number of likely N-dealkylation sites (N-methyl/N-ethyl adjacent to an activating group) is 1. The molecule has 1 N–H and O–H groups in total. The average molecular weight is 745 g/mol. The van der Waals surface area contributed by atoms with E-state index in [0.717, 1.165) is 12.8 Å². The predicted molar refractivity (Wildman–Crippen MR) is 192 cm³/mol. The first kappa shape index (κ1) is 38.8. The van der Waals surface area contributed by atoms with Crippen LogP contribution in [0.1, 0.15) is 77.9 Å². The average Bonchev–Trinajstić information content (AvgIpc) is 3.69. The number of aliphatic hydroxyl groups excluding tert-OH is 1. The molecular formula is C38H54BrN3O7. The lowest BCUT2D eigenvalue weighted by molar-refractivity contribution is -0.165. The fourth-order valence-corrected chi connectivity index (χ4v) is 8.87. The topological polar surface area (TPSA) is 117 Å². The van der Waals surface area contributed by atoms with Crippen molar-refractivity contribution in [3.05, 3.63) is 61.2 Å². The monoisotopic (exact) mass is 743 g/mol. The summed E-state index contributed by atoms with van der Waals surface area (Å²) in [5, 5.41) is 10.6. The molecule has 2 bridgehead atoms. The molecule has 9 atom stereocenters.